The third-order valence-electron chi connectivity index (χ3n) is 2.55. The van der Waals surface area contributed by atoms with Crippen LogP contribution in [0, 0.1) is 6.92 Å². The molecule has 3 N–H and O–H groups in total. The maximum absolute atomic E-state index is 5.96. The molecule has 5 heteroatoms. The van der Waals surface area contributed by atoms with Crippen LogP contribution in [0.25, 0.3) is 0 Å². The minimum absolute atomic E-state index is 0.427. The fraction of sp³-hybridized carbons (Fsp3) is 0.727. The van der Waals surface area contributed by atoms with Gasteiger partial charge in [-0.3, -0.25) is 4.68 Å². The second kappa shape index (κ2) is 6.03. The molecule has 0 spiro atoms. The second-order valence-electron chi connectivity index (χ2n) is 4.00. The summed E-state index contributed by atoms with van der Waals surface area (Å²) in [4.78, 5) is 0. The molecule has 0 aliphatic rings. The van der Waals surface area contributed by atoms with E-state index in [2.05, 4.69) is 24.3 Å². The van der Waals surface area contributed by atoms with Crippen molar-refractivity contribution in [1.82, 2.24) is 9.78 Å². The lowest BCUT2D eigenvalue weighted by Crippen LogP contribution is -2.19. The summed E-state index contributed by atoms with van der Waals surface area (Å²) in [5.74, 6) is 3.30. The van der Waals surface area contributed by atoms with Crippen LogP contribution in [0.2, 0.25) is 0 Å². The first-order valence-corrected chi connectivity index (χ1v) is 6.85. The minimum atomic E-state index is 0.427. The standard InChI is InChI=1S/C11H22N4S/c1-5-16-7-6-8(2)13-11-10(12)9(3)14-15(11)4/h8,13H,5-7,12H2,1-4H3. The molecule has 1 aromatic heterocycles. The molecule has 1 rings (SSSR count). The summed E-state index contributed by atoms with van der Waals surface area (Å²) in [5, 5.41) is 7.70. The van der Waals surface area contributed by atoms with Gasteiger partial charge in [0.05, 0.1) is 11.4 Å². The highest BCUT2D eigenvalue weighted by Gasteiger charge is 2.11. The number of anilines is 2. The highest BCUT2D eigenvalue weighted by molar-refractivity contribution is 7.99. The van der Waals surface area contributed by atoms with E-state index >= 15 is 0 Å². The van der Waals surface area contributed by atoms with E-state index < -0.39 is 0 Å². The van der Waals surface area contributed by atoms with E-state index in [0.717, 1.165) is 23.6 Å². The van der Waals surface area contributed by atoms with Crippen molar-refractivity contribution in [2.75, 3.05) is 22.6 Å². The molecule has 0 aliphatic carbocycles. The number of hydrogen-bond donors (Lipinski definition) is 2. The van der Waals surface area contributed by atoms with Crippen molar-refractivity contribution in [2.45, 2.75) is 33.2 Å². The van der Waals surface area contributed by atoms with Gasteiger partial charge in [-0.1, -0.05) is 6.92 Å². The Balaban J connectivity index is 2.52. The number of rotatable bonds is 6. The molecule has 0 saturated carbocycles. The van der Waals surface area contributed by atoms with Crippen molar-refractivity contribution in [1.29, 1.82) is 0 Å². The topological polar surface area (TPSA) is 55.9 Å². The van der Waals surface area contributed by atoms with Crippen molar-refractivity contribution in [3.63, 3.8) is 0 Å². The Morgan fingerprint density at radius 3 is 2.75 bits per heavy atom. The predicted molar refractivity (Wildman–Crippen MR) is 73.1 cm³/mol. The summed E-state index contributed by atoms with van der Waals surface area (Å²) < 4.78 is 1.81. The molecule has 4 nitrogen and oxygen atoms in total. The van der Waals surface area contributed by atoms with E-state index in [0.29, 0.717) is 6.04 Å². The number of aromatic nitrogens is 2. The maximum atomic E-state index is 5.96. The molecule has 0 radical (unpaired) electrons. The number of thioether (sulfide) groups is 1. The van der Waals surface area contributed by atoms with Gasteiger partial charge in [0.25, 0.3) is 0 Å². The summed E-state index contributed by atoms with van der Waals surface area (Å²) in [6.07, 6.45) is 1.14. The van der Waals surface area contributed by atoms with Crippen molar-refractivity contribution < 1.29 is 0 Å². The van der Waals surface area contributed by atoms with Crippen LogP contribution in [0.15, 0.2) is 0 Å². The number of nitrogen functional groups attached to an aromatic ring is 1. The third kappa shape index (κ3) is 3.33. The van der Waals surface area contributed by atoms with Crippen LogP contribution in [-0.4, -0.2) is 27.3 Å². The van der Waals surface area contributed by atoms with E-state index in [-0.39, 0.29) is 0 Å². The van der Waals surface area contributed by atoms with E-state index in [4.69, 9.17) is 5.73 Å². The van der Waals surface area contributed by atoms with Gasteiger partial charge < -0.3 is 11.1 Å². The second-order valence-corrected chi connectivity index (χ2v) is 5.40. The van der Waals surface area contributed by atoms with Gasteiger partial charge in [-0.25, -0.2) is 0 Å². The molecular weight excluding hydrogens is 220 g/mol. The van der Waals surface area contributed by atoms with Gasteiger partial charge in [0, 0.05) is 13.1 Å². The van der Waals surface area contributed by atoms with Crippen LogP contribution in [0.3, 0.4) is 0 Å². The number of hydrogen-bond acceptors (Lipinski definition) is 4. The molecule has 0 saturated heterocycles. The lowest BCUT2D eigenvalue weighted by atomic mass is 10.2. The molecule has 16 heavy (non-hydrogen) atoms. The Kier molecular flexibility index (Phi) is 4.99. The van der Waals surface area contributed by atoms with Crippen molar-refractivity contribution in [3.05, 3.63) is 5.69 Å². The van der Waals surface area contributed by atoms with Gasteiger partial charge in [-0.15, -0.1) is 0 Å². The first-order chi connectivity index (χ1) is 7.56. The summed E-state index contributed by atoms with van der Waals surface area (Å²) in [6, 6.07) is 0.427. The summed E-state index contributed by atoms with van der Waals surface area (Å²) in [6.45, 7) is 6.29. The van der Waals surface area contributed by atoms with E-state index in [9.17, 15) is 0 Å². The molecule has 1 atom stereocenters. The smallest absolute Gasteiger partial charge is 0.147 e. The highest BCUT2D eigenvalue weighted by Crippen LogP contribution is 2.22. The molecule has 1 heterocycles. The van der Waals surface area contributed by atoms with Crippen LogP contribution in [0.1, 0.15) is 26.0 Å². The van der Waals surface area contributed by atoms with E-state index in [1.54, 1.807) is 0 Å². The molecular formula is C11H22N4S. The fourth-order valence-corrected chi connectivity index (χ4v) is 2.36. The van der Waals surface area contributed by atoms with Gasteiger partial charge in [0.1, 0.15) is 5.82 Å². The number of nitrogens with two attached hydrogens (primary N) is 1. The quantitative estimate of drug-likeness (QED) is 0.751. The van der Waals surface area contributed by atoms with Gasteiger partial charge in [-0.2, -0.15) is 16.9 Å². The Morgan fingerprint density at radius 1 is 1.56 bits per heavy atom. The minimum Gasteiger partial charge on any atom is -0.394 e. The normalized spacial score (nSPS) is 12.8. The average Bonchev–Trinajstić information content (AvgIpc) is 2.46. The number of aryl methyl sites for hydroxylation is 2. The van der Waals surface area contributed by atoms with Crippen LogP contribution in [0.4, 0.5) is 11.5 Å². The average molecular weight is 242 g/mol. The maximum Gasteiger partial charge on any atom is 0.147 e. The van der Waals surface area contributed by atoms with Crippen LogP contribution < -0.4 is 11.1 Å². The lowest BCUT2D eigenvalue weighted by molar-refractivity contribution is 0.717. The molecule has 0 amide bonds. The molecule has 0 fully saturated rings. The molecule has 0 aliphatic heterocycles. The van der Waals surface area contributed by atoms with E-state index in [1.807, 2.05) is 30.4 Å². The fourth-order valence-electron chi connectivity index (χ4n) is 1.56. The lowest BCUT2D eigenvalue weighted by Gasteiger charge is -2.15. The third-order valence-corrected chi connectivity index (χ3v) is 3.48. The van der Waals surface area contributed by atoms with Gasteiger partial charge in [0.2, 0.25) is 0 Å². The monoisotopic (exact) mass is 242 g/mol. The molecule has 1 aromatic rings. The Bertz CT molecular complexity index is 335. The molecule has 1 unspecified atom stereocenters. The predicted octanol–water partition coefficient (Wildman–Crippen LogP) is 2.25. The van der Waals surface area contributed by atoms with Crippen molar-refractivity contribution >= 4 is 23.3 Å². The Hall–Kier alpha value is -0.840. The van der Waals surface area contributed by atoms with Crippen LogP contribution in [0.5, 0.6) is 0 Å². The molecule has 0 bridgehead atoms. The van der Waals surface area contributed by atoms with Gasteiger partial charge in [-0.05, 0) is 31.8 Å². The molecule has 92 valence electrons. The largest absolute Gasteiger partial charge is 0.394 e. The van der Waals surface area contributed by atoms with Crippen LogP contribution in [-0.2, 0) is 7.05 Å². The summed E-state index contributed by atoms with van der Waals surface area (Å²) in [7, 11) is 1.92. The Labute approximate surface area is 102 Å². The zero-order chi connectivity index (χ0) is 12.1. The highest BCUT2D eigenvalue weighted by atomic mass is 32.2. The first kappa shape index (κ1) is 13.2. The summed E-state index contributed by atoms with van der Waals surface area (Å²) in [5.41, 5.74) is 7.61. The SMILES string of the molecule is CCSCCC(C)Nc1c(N)c(C)nn1C. The zero-order valence-corrected chi connectivity index (χ0v) is 11.4. The van der Waals surface area contributed by atoms with E-state index in [1.165, 1.54) is 11.5 Å². The summed E-state index contributed by atoms with van der Waals surface area (Å²) >= 11 is 1.97. The molecule has 0 aromatic carbocycles. The van der Waals surface area contributed by atoms with Crippen molar-refractivity contribution in [3.8, 4) is 0 Å². The van der Waals surface area contributed by atoms with Gasteiger partial charge in [0.15, 0.2) is 0 Å². The zero-order valence-electron chi connectivity index (χ0n) is 10.6. The number of nitrogens with one attached hydrogen (secondary N) is 1. The number of nitrogens with zero attached hydrogens (tertiary/aromatic N) is 2. The first-order valence-electron chi connectivity index (χ1n) is 5.69. The van der Waals surface area contributed by atoms with Crippen molar-refractivity contribution in [2.24, 2.45) is 7.05 Å². The van der Waals surface area contributed by atoms with Crippen LogP contribution >= 0.6 is 11.8 Å². The Morgan fingerprint density at radius 2 is 2.25 bits per heavy atom. The van der Waals surface area contributed by atoms with Gasteiger partial charge >= 0.3 is 0 Å².